The molecule has 2 aromatic carbocycles. The first kappa shape index (κ1) is 29.6. The fourth-order valence-electron chi connectivity index (χ4n) is 4.91. The molecule has 0 unspecified atom stereocenters. The van der Waals surface area contributed by atoms with Crippen LogP contribution in [-0.4, -0.2) is 10.7 Å². The molecule has 0 aromatic heterocycles. The van der Waals surface area contributed by atoms with Gasteiger partial charge in [-0.25, -0.2) is 0 Å². The van der Waals surface area contributed by atoms with Gasteiger partial charge in [0.15, 0.2) is 0 Å². The lowest BCUT2D eigenvalue weighted by Gasteiger charge is -2.19. The van der Waals surface area contributed by atoms with E-state index in [0.29, 0.717) is 0 Å². The molecule has 0 aliphatic heterocycles. The summed E-state index contributed by atoms with van der Waals surface area (Å²) in [6, 6.07) is 18.3. The second-order valence-corrected chi connectivity index (χ2v) is 10.1. The number of aryl methyl sites for hydroxylation is 2. The van der Waals surface area contributed by atoms with E-state index in [1.807, 2.05) is 0 Å². The van der Waals surface area contributed by atoms with Gasteiger partial charge in [-0.2, -0.15) is 0 Å². The Balaban J connectivity index is 2.75. The maximum Gasteiger partial charge on any atom is 0.303 e. The Hall–Kier alpha value is -2.66. The fraction of sp³-hybridized carbons (Fsp3) is 0.529. The molecule has 194 valence electrons. The van der Waals surface area contributed by atoms with Crippen LogP contribution in [0.4, 0.5) is 0 Å². The van der Waals surface area contributed by atoms with Crippen LogP contribution in [0.25, 0.3) is 11.1 Å². The van der Waals surface area contributed by atoms with Gasteiger partial charge in [0, 0.05) is 0 Å². The topological polar surface area (TPSA) is 36.4 Å². The number of rotatable bonds is 17. The average Bonchev–Trinajstić information content (AvgIpc) is 2.90. The van der Waals surface area contributed by atoms with Crippen LogP contribution in [-0.2, 0) is 12.8 Å². The van der Waals surface area contributed by atoms with Crippen molar-refractivity contribution in [3.8, 4) is 0 Å². The van der Waals surface area contributed by atoms with Crippen LogP contribution >= 0.6 is 0 Å². The standard InChI is InChI=1S/C34H48N2/c1-5-9-13-18-29-20-16-23-31(26-29)34(30-22-15-19-28(25-30)17-11-7-3)33(24-14-10-6-2)32(27-36-35)21-12-8-4/h15-16,19-20,22-23,25-26H,5-14,17-18,21,24H2,1-4H3. The van der Waals surface area contributed by atoms with E-state index < -0.39 is 0 Å². The molecule has 0 radical (unpaired) electrons. The van der Waals surface area contributed by atoms with Gasteiger partial charge in [-0.1, -0.05) is 115 Å². The van der Waals surface area contributed by atoms with Crippen molar-refractivity contribution >= 4 is 11.4 Å². The van der Waals surface area contributed by atoms with E-state index in [1.165, 1.54) is 78.3 Å². The highest BCUT2D eigenvalue weighted by Crippen LogP contribution is 2.35. The van der Waals surface area contributed by atoms with E-state index in [0.717, 1.165) is 50.5 Å². The van der Waals surface area contributed by atoms with Crippen LogP contribution < -0.4 is 0 Å². The van der Waals surface area contributed by atoms with Gasteiger partial charge in [-0.15, -0.1) is 4.79 Å². The zero-order valence-corrected chi connectivity index (χ0v) is 23.4. The van der Waals surface area contributed by atoms with Crippen LogP contribution in [0.2, 0.25) is 0 Å². The Morgan fingerprint density at radius 1 is 0.667 bits per heavy atom. The molecule has 2 heteroatoms. The van der Waals surface area contributed by atoms with E-state index in [9.17, 15) is 5.53 Å². The minimum absolute atomic E-state index is 0.886. The minimum atomic E-state index is 0.886. The van der Waals surface area contributed by atoms with Crippen LogP contribution in [0, 0.1) is 0 Å². The maximum absolute atomic E-state index is 9.56. The molecule has 0 heterocycles. The number of benzene rings is 2. The third-order valence-corrected chi connectivity index (χ3v) is 6.98. The highest BCUT2D eigenvalue weighted by Gasteiger charge is 2.18. The summed E-state index contributed by atoms with van der Waals surface area (Å²) in [7, 11) is 0. The summed E-state index contributed by atoms with van der Waals surface area (Å²) in [5.41, 5.74) is 18.6. The van der Waals surface area contributed by atoms with Gasteiger partial charge >= 0.3 is 5.87 Å². The van der Waals surface area contributed by atoms with E-state index in [2.05, 4.69) is 86.9 Å². The van der Waals surface area contributed by atoms with Crippen LogP contribution in [0.1, 0.15) is 127 Å². The zero-order chi connectivity index (χ0) is 26.0. The third kappa shape index (κ3) is 9.77. The van der Waals surface area contributed by atoms with Crippen LogP contribution in [0.15, 0.2) is 59.7 Å². The maximum atomic E-state index is 9.56. The molecule has 0 bridgehead atoms. The highest BCUT2D eigenvalue weighted by atomic mass is 14.8. The number of hydrogen-bond acceptors (Lipinski definition) is 0. The molecule has 0 aliphatic rings. The summed E-state index contributed by atoms with van der Waals surface area (Å²) in [5, 5.41) is 0. The summed E-state index contributed by atoms with van der Waals surface area (Å²) in [4.78, 5) is 3.41. The molecule has 0 fully saturated rings. The second kappa shape index (κ2) is 17.7. The fourth-order valence-corrected chi connectivity index (χ4v) is 4.91. The zero-order valence-electron chi connectivity index (χ0n) is 23.4. The summed E-state index contributed by atoms with van der Waals surface area (Å²) in [6.45, 7) is 8.98. The molecule has 0 aliphatic carbocycles. The molecule has 0 saturated heterocycles. The molecule has 2 nitrogen and oxygen atoms in total. The second-order valence-electron chi connectivity index (χ2n) is 10.1. The molecular weight excluding hydrogens is 436 g/mol. The first-order chi connectivity index (χ1) is 17.7. The van der Waals surface area contributed by atoms with Crippen molar-refractivity contribution in [1.82, 2.24) is 0 Å². The molecular formula is C34H48N2. The highest BCUT2D eigenvalue weighted by molar-refractivity contribution is 5.87. The normalized spacial score (nSPS) is 11.6. The smallest absolute Gasteiger partial charge is 0.303 e. The predicted molar refractivity (Wildman–Crippen MR) is 157 cm³/mol. The van der Waals surface area contributed by atoms with Crippen molar-refractivity contribution in [3.63, 3.8) is 0 Å². The lowest BCUT2D eigenvalue weighted by Crippen LogP contribution is -2.02. The van der Waals surface area contributed by atoms with Crippen molar-refractivity contribution < 1.29 is 4.79 Å². The summed E-state index contributed by atoms with van der Waals surface area (Å²) in [6.07, 6.45) is 15.9. The Morgan fingerprint density at radius 2 is 1.22 bits per heavy atom. The van der Waals surface area contributed by atoms with Gasteiger partial charge in [0.1, 0.15) is 0 Å². The summed E-state index contributed by atoms with van der Waals surface area (Å²) < 4.78 is 0. The molecule has 2 aromatic rings. The minimum Gasteiger partial charge on any atom is -0.348 e. The van der Waals surface area contributed by atoms with Gasteiger partial charge in [0.25, 0.3) is 0 Å². The first-order valence-corrected chi connectivity index (χ1v) is 14.6. The van der Waals surface area contributed by atoms with Crippen LogP contribution in [0.5, 0.6) is 0 Å². The monoisotopic (exact) mass is 484 g/mol. The third-order valence-electron chi connectivity index (χ3n) is 6.98. The molecule has 0 spiro atoms. The SMILES string of the molecule is CCCCCC(C(=C=[N+]=[N-])CCCC)=C(c1cccc(CCCC)c1)c1cccc(CCCCC)c1. The summed E-state index contributed by atoms with van der Waals surface area (Å²) >= 11 is 0. The molecule has 36 heavy (non-hydrogen) atoms. The van der Waals surface area contributed by atoms with Crippen molar-refractivity contribution in [2.24, 2.45) is 0 Å². The Labute approximate surface area is 221 Å². The van der Waals surface area contributed by atoms with E-state index >= 15 is 0 Å². The van der Waals surface area contributed by atoms with Gasteiger partial charge in [0.05, 0.1) is 5.57 Å². The van der Waals surface area contributed by atoms with Crippen LogP contribution in [0.3, 0.4) is 0 Å². The Bertz CT molecular complexity index is 1030. The quantitative estimate of drug-likeness (QED) is 0.0704. The summed E-state index contributed by atoms with van der Waals surface area (Å²) in [5.74, 6) is 3.01. The predicted octanol–water partition coefficient (Wildman–Crippen LogP) is 10.2. The van der Waals surface area contributed by atoms with Gasteiger partial charge in [0.2, 0.25) is 0 Å². The van der Waals surface area contributed by atoms with Gasteiger partial charge < -0.3 is 5.53 Å². The van der Waals surface area contributed by atoms with Gasteiger partial charge in [-0.05, 0) is 84.8 Å². The molecule has 0 N–H and O–H groups in total. The molecule has 0 atom stereocenters. The van der Waals surface area contributed by atoms with Crippen molar-refractivity contribution in [1.29, 1.82) is 0 Å². The lowest BCUT2D eigenvalue weighted by molar-refractivity contribution is 0.00739. The largest absolute Gasteiger partial charge is 0.348 e. The van der Waals surface area contributed by atoms with Crippen molar-refractivity contribution in [2.45, 2.75) is 118 Å². The van der Waals surface area contributed by atoms with Crippen molar-refractivity contribution in [3.05, 3.63) is 87.5 Å². The van der Waals surface area contributed by atoms with Crippen molar-refractivity contribution in [2.75, 3.05) is 0 Å². The Morgan fingerprint density at radius 3 is 1.78 bits per heavy atom. The number of unbranched alkanes of at least 4 members (excludes halogenated alkanes) is 6. The van der Waals surface area contributed by atoms with E-state index in [1.54, 1.807) is 0 Å². The number of hydrogen-bond donors (Lipinski definition) is 0. The first-order valence-electron chi connectivity index (χ1n) is 14.6. The number of allylic oxidation sites excluding steroid dienone is 2. The van der Waals surface area contributed by atoms with E-state index in [4.69, 9.17) is 0 Å². The van der Waals surface area contributed by atoms with E-state index in [-0.39, 0.29) is 0 Å². The Kier molecular flexibility index (Phi) is 14.6. The molecule has 0 saturated carbocycles. The molecule has 2 rings (SSSR count). The number of nitrogens with zero attached hydrogens (tertiary/aromatic N) is 2. The molecule has 0 amide bonds. The lowest BCUT2D eigenvalue weighted by atomic mass is 9.84. The van der Waals surface area contributed by atoms with Gasteiger partial charge in [-0.3, -0.25) is 0 Å². The average molecular weight is 485 g/mol.